The van der Waals surface area contributed by atoms with Gasteiger partial charge < -0.3 is 15.7 Å². The van der Waals surface area contributed by atoms with E-state index in [1.165, 1.54) is 0 Å². The molecule has 0 aromatic carbocycles. The Hall–Kier alpha value is -1.10. The molecule has 0 spiro atoms. The maximum Gasteiger partial charge on any atom is 0.311 e. The van der Waals surface area contributed by atoms with Crippen molar-refractivity contribution >= 4 is 11.9 Å². The van der Waals surface area contributed by atoms with Crippen molar-refractivity contribution in [2.45, 2.75) is 39.5 Å². The molecule has 3 N–H and O–H groups in total. The van der Waals surface area contributed by atoms with Gasteiger partial charge in [-0.05, 0) is 32.2 Å². The third-order valence-electron chi connectivity index (χ3n) is 4.08. The van der Waals surface area contributed by atoms with Crippen LogP contribution in [0.1, 0.15) is 39.5 Å². The Kier molecular flexibility index (Phi) is 5.59. The predicted molar refractivity (Wildman–Crippen MR) is 69.3 cm³/mol. The van der Waals surface area contributed by atoms with Gasteiger partial charge in [-0.2, -0.15) is 0 Å². The normalized spacial score (nSPS) is 20.4. The van der Waals surface area contributed by atoms with Crippen LogP contribution >= 0.6 is 0 Å². The van der Waals surface area contributed by atoms with E-state index in [1.807, 2.05) is 13.8 Å². The second-order valence-electron chi connectivity index (χ2n) is 5.05. The van der Waals surface area contributed by atoms with Crippen LogP contribution in [0.3, 0.4) is 0 Å². The van der Waals surface area contributed by atoms with Crippen LogP contribution in [-0.4, -0.2) is 36.6 Å². The largest absolute Gasteiger partial charge is 0.481 e. The van der Waals surface area contributed by atoms with Crippen LogP contribution in [0.2, 0.25) is 0 Å². The molecule has 1 heterocycles. The Labute approximate surface area is 108 Å². The molecule has 104 valence electrons. The average Bonchev–Trinajstić information content (AvgIpc) is 2.41. The first-order valence-corrected chi connectivity index (χ1v) is 6.77. The molecular weight excluding hydrogens is 232 g/mol. The number of rotatable bonds is 6. The first-order valence-electron chi connectivity index (χ1n) is 6.77. The molecular formula is C13H24N2O3. The highest BCUT2D eigenvalue weighted by Crippen LogP contribution is 2.26. The Morgan fingerprint density at radius 3 is 2.50 bits per heavy atom. The van der Waals surface area contributed by atoms with Gasteiger partial charge in [0.25, 0.3) is 0 Å². The summed E-state index contributed by atoms with van der Waals surface area (Å²) in [5.74, 6) is -0.858. The SMILES string of the molecule is CCC(CC)(CNC(=O)[C@@H]1CCCNC1)C(=O)O. The second kappa shape index (κ2) is 6.73. The Balaban J connectivity index is 2.51. The van der Waals surface area contributed by atoms with Crippen molar-refractivity contribution in [1.29, 1.82) is 0 Å². The van der Waals surface area contributed by atoms with E-state index in [0.717, 1.165) is 19.4 Å². The monoisotopic (exact) mass is 256 g/mol. The number of carboxylic acid groups (broad SMARTS) is 1. The summed E-state index contributed by atoms with van der Waals surface area (Å²) in [4.78, 5) is 23.3. The number of aliphatic carboxylic acids is 1. The molecule has 0 saturated carbocycles. The van der Waals surface area contributed by atoms with E-state index in [0.29, 0.717) is 19.4 Å². The minimum Gasteiger partial charge on any atom is -0.481 e. The second-order valence-corrected chi connectivity index (χ2v) is 5.05. The van der Waals surface area contributed by atoms with Crippen molar-refractivity contribution < 1.29 is 14.7 Å². The highest BCUT2D eigenvalue weighted by Gasteiger charge is 2.35. The number of nitrogens with one attached hydrogen (secondary N) is 2. The van der Waals surface area contributed by atoms with Crippen molar-refractivity contribution in [3.63, 3.8) is 0 Å². The predicted octanol–water partition coefficient (Wildman–Crippen LogP) is 0.993. The molecule has 1 amide bonds. The molecule has 1 rings (SSSR count). The van der Waals surface area contributed by atoms with Crippen LogP contribution in [-0.2, 0) is 9.59 Å². The van der Waals surface area contributed by atoms with Crippen LogP contribution < -0.4 is 10.6 Å². The summed E-state index contributed by atoms with van der Waals surface area (Å²) < 4.78 is 0. The molecule has 18 heavy (non-hydrogen) atoms. The minimum atomic E-state index is -0.824. The summed E-state index contributed by atoms with van der Waals surface area (Å²) >= 11 is 0. The fourth-order valence-corrected chi connectivity index (χ4v) is 2.35. The first kappa shape index (κ1) is 15.0. The third-order valence-corrected chi connectivity index (χ3v) is 4.08. The summed E-state index contributed by atoms with van der Waals surface area (Å²) in [6.07, 6.45) is 2.95. The lowest BCUT2D eigenvalue weighted by molar-refractivity contribution is -0.149. The summed E-state index contributed by atoms with van der Waals surface area (Å²) in [6, 6.07) is 0. The summed E-state index contributed by atoms with van der Waals surface area (Å²) in [5, 5.41) is 15.3. The van der Waals surface area contributed by atoms with Crippen LogP contribution in [0.15, 0.2) is 0 Å². The van der Waals surface area contributed by atoms with Crippen molar-refractivity contribution in [3.05, 3.63) is 0 Å². The van der Waals surface area contributed by atoms with E-state index < -0.39 is 11.4 Å². The molecule has 1 atom stereocenters. The fraction of sp³-hybridized carbons (Fsp3) is 0.846. The van der Waals surface area contributed by atoms with Gasteiger partial charge >= 0.3 is 5.97 Å². The smallest absolute Gasteiger partial charge is 0.311 e. The van der Waals surface area contributed by atoms with Crippen LogP contribution in [0.5, 0.6) is 0 Å². The highest BCUT2D eigenvalue weighted by atomic mass is 16.4. The summed E-state index contributed by atoms with van der Waals surface area (Å²) in [7, 11) is 0. The molecule has 0 bridgehead atoms. The Bertz CT molecular complexity index is 295. The van der Waals surface area contributed by atoms with Crippen molar-refractivity contribution in [2.75, 3.05) is 19.6 Å². The van der Waals surface area contributed by atoms with Gasteiger partial charge in [-0.15, -0.1) is 0 Å². The van der Waals surface area contributed by atoms with Gasteiger partial charge in [0, 0.05) is 13.1 Å². The zero-order chi connectivity index (χ0) is 13.6. The third kappa shape index (κ3) is 3.45. The lowest BCUT2D eigenvalue weighted by atomic mass is 9.82. The lowest BCUT2D eigenvalue weighted by Gasteiger charge is -2.29. The Morgan fingerprint density at radius 1 is 1.39 bits per heavy atom. The van der Waals surface area contributed by atoms with Crippen molar-refractivity contribution in [3.8, 4) is 0 Å². The number of carboxylic acids is 1. The molecule has 1 aliphatic heterocycles. The minimum absolute atomic E-state index is 0.0149. The zero-order valence-corrected chi connectivity index (χ0v) is 11.3. The summed E-state index contributed by atoms with van der Waals surface area (Å²) in [5.41, 5.74) is -0.822. The number of piperidine rings is 1. The zero-order valence-electron chi connectivity index (χ0n) is 11.3. The molecule has 5 nitrogen and oxygen atoms in total. The molecule has 0 aromatic heterocycles. The topological polar surface area (TPSA) is 78.4 Å². The maximum atomic E-state index is 12.0. The lowest BCUT2D eigenvalue weighted by Crippen LogP contribution is -2.46. The van der Waals surface area contributed by atoms with Crippen LogP contribution in [0.25, 0.3) is 0 Å². The van der Waals surface area contributed by atoms with E-state index >= 15 is 0 Å². The molecule has 5 heteroatoms. The van der Waals surface area contributed by atoms with E-state index in [4.69, 9.17) is 0 Å². The average molecular weight is 256 g/mol. The van der Waals surface area contributed by atoms with Gasteiger partial charge in [-0.1, -0.05) is 13.8 Å². The molecule has 0 aliphatic carbocycles. The fourth-order valence-electron chi connectivity index (χ4n) is 2.35. The van der Waals surface area contributed by atoms with Crippen LogP contribution in [0.4, 0.5) is 0 Å². The van der Waals surface area contributed by atoms with E-state index in [2.05, 4.69) is 10.6 Å². The molecule has 0 aromatic rings. The molecule has 1 saturated heterocycles. The standard InChI is InChI=1S/C13H24N2O3/c1-3-13(4-2,12(17)18)9-15-11(16)10-6-5-7-14-8-10/h10,14H,3-9H2,1-2H3,(H,15,16)(H,17,18)/t10-/m1/s1. The number of hydrogen-bond acceptors (Lipinski definition) is 3. The number of carbonyl (C=O) groups excluding carboxylic acids is 1. The maximum absolute atomic E-state index is 12.0. The molecule has 0 unspecified atom stereocenters. The number of amides is 1. The number of carbonyl (C=O) groups is 2. The van der Waals surface area contributed by atoms with Gasteiger partial charge in [-0.3, -0.25) is 9.59 Å². The highest BCUT2D eigenvalue weighted by molar-refractivity contribution is 5.81. The summed E-state index contributed by atoms with van der Waals surface area (Å²) in [6.45, 7) is 5.60. The van der Waals surface area contributed by atoms with Gasteiger partial charge in [0.05, 0.1) is 11.3 Å². The van der Waals surface area contributed by atoms with Gasteiger partial charge in [0.2, 0.25) is 5.91 Å². The van der Waals surface area contributed by atoms with Crippen molar-refractivity contribution in [1.82, 2.24) is 10.6 Å². The van der Waals surface area contributed by atoms with Crippen molar-refractivity contribution in [2.24, 2.45) is 11.3 Å². The first-order chi connectivity index (χ1) is 8.55. The number of hydrogen-bond donors (Lipinski definition) is 3. The van der Waals surface area contributed by atoms with E-state index in [-0.39, 0.29) is 18.4 Å². The molecule has 1 fully saturated rings. The molecule has 1 aliphatic rings. The molecule has 0 radical (unpaired) electrons. The van der Waals surface area contributed by atoms with E-state index in [9.17, 15) is 14.7 Å². The quantitative estimate of drug-likeness (QED) is 0.662. The van der Waals surface area contributed by atoms with E-state index in [1.54, 1.807) is 0 Å². The van der Waals surface area contributed by atoms with Crippen LogP contribution in [0, 0.1) is 11.3 Å². The van der Waals surface area contributed by atoms with Gasteiger partial charge in [-0.25, -0.2) is 0 Å². The van der Waals surface area contributed by atoms with Gasteiger partial charge in [0.15, 0.2) is 0 Å². The van der Waals surface area contributed by atoms with Gasteiger partial charge in [0.1, 0.15) is 0 Å². The Morgan fingerprint density at radius 2 is 2.06 bits per heavy atom.